The fraction of sp³-hybridized carbons (Fsp3) is 0.316. The molecule has 3 aromatic heterocycles. The van der Waals surface area contributed by atoms with Gasteiger partial charge in [0.2, 0.25) is 0 Å². The highest BCUT2D eigenvalue weighted by atomic mass is 19.4. The monoisotopic (exact) mass is 437 g/mol. The van der Waals surface area contributed by atoms with Gasteiger partial charge < -0.3 is 10.2 Å². The molecule has 0 bridgehead atoms. The minimum Gasteiger partial charge on any atom is -0.368 e. The van der Waals surface area contributed by atoms with Crippen molar-refractivity contribution < 1.29 is 22.4 Å². The van der Waals surface area contributed by atoms with Crippen molar-refractivity contribution in [3.05, 3.63) is 59.9 Å². The SMILES string of the molecule is CCN(C(=O)c1cc(F)cnc1-n1nccn1)[C@@H](C)CNc1ccc(C(F)(F)F)cn1. The predicted octanol–water partition coefficient (Wildman–Crippen LogP) is 3.18. The van der Waals surface area contributed by atoms with E-state index in [1.165, 1.54) is 23.4 Å². The van der Waals surface area contributed by atoms with E-state index in [2.05, 4.69) is 25.5 Å². The summed E-state index contributed by atoms with van der Waals surface area (Å²) < 4.78 is 51.8. The van der Waals surface area contributed by atoms with E-state index in [1.54, 1.807) is 13.8 Å². The highest BCUT2D eigenvalue weighted by Crippen LogP contribution is 2.28. The molecule has 8 nitrogen and oxygen atoms in total. The minimum absolute atomic E-state index is 0.0162. The third kappa shape index (κ3) is 5.13. The van der Waals surface area contributed by atoms with Crippen molar-refractivity contribution in [2.45, 2.75) is 26.1 Å². The summed E-state index contributed by atoms with van der Waals surface area (Å²) in [6, 6.07) is 2.80. The summed E-state index contributed by atoms with van der Waals surface area (Å²) >= 11 is 0. The number of pyridine rings is 2. The molecule has 1 atom stereocenters. The van der Waals surface area contributed by atoms with Crippen LogP contribution in [-0.2, 0) is 6.18 Å². The topological polar surface area (TPSA) is 88.8 Å². The van der Waals surface area contributed by atoms with E-state index in [9.17, 15) is 22.4 Å². The van der Waals surface area contributed by atoms with Gasteiger partial charge in [0.05, 0.1) is 29.7 Å². The second-order valence-electron chi connectivity index (χ2n) is 6.59. The van der Waals surface area contributed by atoms with Crippen LogP contribution in [-0.4, -0.2) is 54.9 Å². The number of carbonyl (C=O) groups is 1. The number of nitrogens with one attached hydrogen (secondary N) is 1. The first-order valence-electron chi connectivity index (χ1n) is 9.31. The Kier molecular flexibility index (Phi) is 6.47. The van der Waals surface area contributed by atoms with Crippen molar-refractivity contribution in [1.29, 1.82) is 0 Å². The van der Waals surface area contributed by atoms with Gasteiger partial charge in [-0.15, -0.1) is 4.80 Å². The Labute approximate surface area is 174 Å². The third-order valence-electron chi connectivity index (χ3n) is 4.47. The molecule has 12 heteroatoms. The predicted molar refractivity (Wildman–Crippen MR) is 103 cm³/mol. The van der Waals surface area contributed by atoms with Crippen LogP contribution in [0.3, 0.4) is 0 Å². The molecule has 0 fully saturated rings. The number of hydrogen-bond acceptors (Lipinski definition) is 6. The van der Waals surface area contributed by atoms with Crippen LogP contribution in [0.4, 0.5) is 23.4 Å². The Bertz CT molecular complexity index is 1020. The lowest BCUT2D eigenvalue weighted by Gasteiger charge is -2.29. The Morgan fingerprint density at radius 3 is 2.48 bits per heavy atom. The number of likely N-dealkylation sites (N-methyl/N-ethyl adjacent to an activating group) is 1. The van der Waals surface area contributed by atoms with Gasteiger partial charge in [0.25, 0.3) is 5.91 Å². The van der Waals surface area contributed by atoms with Crippen LogP contribution in [0, 0.1) is 5.82 Å². The maximum atomic E-state index is 13.8. The Morgan fingerprint density at radius 2 is 1.90 bits per heavy atom. The van der Waals surface area contributed by atoms with Crippen LogP contribution < -0.4 is 5.32 Å². The first-order valence-corrected chi connectivity index (χ1v) is 9.31. The number of aromatic nitrogens is 5. The second-order valence-corrected chi connectivity index (χ2v) is 6.59. The van der Waals surface area contributed by atoms with E-state index in [0.717, 1.165) is 29.3 Å². The number of halogens is 4. The van der Waals surface area contributed by atoms with Crippen LogP contribution in [0.25, 0.3) is 5.82 Å². The van der Waals surface area contributed by atoms with Crippen LogP contribution in [0.2, 0.25) is 0 Å². The molecule has 31 heavy (non-hydrogen) atoms. The molecule has 0 aliphatic carbocycles. The maximum Gasteiger partial charge on any atom is 0.417 e. The molecule has 0 aromatic carbocycles. The van der Waals surface area contributed by atoms with E-state index < -0.39 is 29.5 Å². The molecule has 0 saturated carbocycles. The van der Waals surface area contributed by atoms with Gasteiger partial charge in [-0.05, 0) is 32.0 Å². The zero-order valence-corrected chi connectivity index (χ0v) is 16.6. The smallest absolute Gasteiger partial charge is 0.368 e. The molecule has 3 aromatic rings. The van der Waals surface area contributed by atoms with E-state index >= 15 is 0 Å². The fourth-order valence-electron chi connectivity index (χ4n) is 2.91. The molecule has 0 aliphatic rings. The molecule has 3 heterocycles. The maximum absolute atomic E-state index is 13.8. The lowest BCUT2D eigenvalue weighted by Crippen LogP contribution is -2.42. The minimum atomic E-state index is -4.47. The van der Waals surface area contributed by atoms with Gasteiger partial charge >= 0.3 is 6.18 Å². The molecule has 0 spiro atoms. The zero-order valence-electron chi connectivity index (χ0n) is 16.6. The Morgan fingerprint density at radius 1 is 1.19 bits per heavy atom. The number of alkyl halides is 3. The van der Waals surface area contributed by atoms with Gasteiger partial charge in [-0.3, -0.25) is 4.79 Å². The number of hydrogen-bond donors (Lipinski definition) is 1. The van der Waals surface area contributed by atoms with E-state index in [4.69, 9.17) is 0 Å². The molecule has 0 aliphatic heterocycles. The number of anilines is 1. The largest absolute Gasteiger partial charge is 0.417 e. The van der Waals surface area contributed by atoms with Gasteiger partial charge in [-0.2, -0.15) is 23.4 Å². The molecule has 164 valence electrons. The van der Waals surface area contributed by atoms with E-state index in [1.807, 2.05) is 0 Å². The van der Waals surface area contributed by atoms with Crippen LogP contribution in [0.1, 0.15) is 29.8 Å². The highest BCUT2D eigenvalue weighted by Gasteiger charge is 2.30. The summed E-state index contributed by atoms with van der Waals surface area (Å²) in [6.07, 6.45) is 0.0376. The average molecular weight is 437 g/mol. The molecule has 3 rings (SSSR count). The molecule has 0 unspecified atom stereocenters. The normalized spacial score (nSPS) is 12.5. The first-order chi connectivity index (χ1) is 14.7. The molecular weight excluding hydrogens is 418 g/mol. The number of nitrogens with zero attached hydrogens (tertiary/aromatic N) is 6. The second kappa shape index (κ2) is 9.06. The Balaban J connectivity index is 1.74. The van der Waals surface area contributed by atoms with Gasteiger partial charge in [0.15, 0.2) is 5.82 Å². The van der Waals surface area contributed by atoms with Gasteiger partial charge in [-0.1, -0.05) is 0 Å². The van der Waals surface area contributed by atoms with Crippen molar-refractivity contribution in [2.75, 3.05) is 18.4 Å². The van der Waals surface area contributed by atoms with Gasteiger partial charge in [0.1, 0.15) is 11.6 Å². The first kappa shape index (κ1) is 22.1. The standard InChI is InChI=1S/C19H19F4N7O/c1-3-29(12(2)9-24-16-5-4-13(10-25-16)19(21,22)23)18(31)15-8-14(20)11-26-17(15)30-27-6-7-28-30/h4-8,10-12H,3,9H2,1-2H3,(H,24,25)/t12-/m0/s1. The Hall–Kier alpha value is -3.57. The number of amides is 1. The van der Waals surface area contributed by atoms with Crippen LogP contribution >= 0.6 is 0 Å². The fourth-order valence-corrected chi connectivity index (χ4v) is 2.91. The average Bonchev–Trinajstić information content (AvgIpc) is 3.27. The van der Waals surface area contributed by atoms with Crippen molar-refractivity contribution in [3.63, 3.8) is 0 Å². The summed E-state index contributed by atoms with van der Waals surface area (Å²) in [6.45, 7) is 4.00. The lowest BCUT2D eigenvalue weighted by atomic mass is 10.1. The lowest BCUT2D eigenvalue weighted by molar-refractivity contribution is -0.137. The molecule has 0 saturated heterocycles. The van der Waals surface area contributed by atoms with Crippen molar-refractivity contribution in [2.24, 2.45) is 0 Å². The van der Waals surface area contributed by atoms with Crippen molar-refractivity contribution >= 4 is 11.7 Å². The van der Waals surface area contributed by atoms with Crippen molar-refractivity contribution in [3.8, 4) is 5.82 Å². The summed E-state index contributed by atoms with van der Waals surface area (Å²) in [5.41, 5.74) is -0.868. The summed E-state index contributed by atoms with van der Waals surface area (Å²) in [5.74, 6) is -0.858. The summed E-state index contributed by atoms with van der Waals surface area (Å²) in [4.78, 5) is 23.4. The van der Waals surface area contributed by atoms with Crippen molar-refractivity contribution in [1.82, 2.24) is 29.9 Å². The highest BCUT2D eigenvalue weighted by molar-refractivity contribution is 5.97. The summed E-state index contributed by atoms with van der Waals surface area (Å²) in [5, 5.41) is 10.8. The van der Waals surface area contributed by atoms with Crippen LogP contribution in [0.5, 0.6) is 0 Å². The van der Waals surface area contributed by atoms with E-state index in [0.29, 0.717) is 6.54 Å². The molecular formula is C19H19F4N7O. The third-order valence-corrected chi connectivity index (χ3v) is 4.47. The molecule has 1 amide bonds. The van der Waals surface area contributed by atoms with Gasteiger partial charge in [-0.25, -0.2) is 14.4 Å². The zero-order chi connectivity index (χ0) is 22.6. The summed E-state index contributed by atoms with van der Waals surface area (Å²) in [7, 11) is 0. The quantitative estimate of drug-likeness (QED) is 0.572. The number of carbonyl (C=O) groups excluding carboxylic acids is 1. The number of rotatable bonds is 7. The molecule has 0 radical (unpaired) electrons. The molecule has 1 N–H and O–H groups in total. The van der Waals surface area contributed by atoms with Gasteiger partial charge in [0, 0.05) is 25.3 Å². The van der Waals surface area contributed by atoms with E-state index in [-0.39, 0.29) is 23.7 Å². The van der Waals surface area contributed by atoms with Crippen LogP contribution in [0.15, 0.2) is 43.0 Å².